The predicted octanol–water partition coefficient (Wildman–Crippen LogP) is 4.88. The molecule has 0 amide bonds. The van der Waals surface area contributed by atoms with Crippen LogP contribution in [0.4, 0.5) is 5.69 Å². The minimum absolute atomic E-state index is 0.781. The Labute approximate surface area is 118 Å². The minimum atomic E-state index is 0.781. The predicted molar refractivity (Wildman–Crippen MR) is 81.8 cm³/mol. The average molecular weight is 273 g/mol. The molecule has 0 radical (unpaired) electrons. The SMILES string of the molecule is CCC1=Nc2c(ccc3c(Cl)cc(CC)nc23)CC1. The third-order valence-corrected chi connectivity index (χ3v) is 4.08. The van der Waals surface area contributed by atoms with Crippen LogP contribution in [-0.2, 0) is 12.8 Å². The normalized spacial score (nSPS) is 14.4. The van der Waals surface area contributed by atoms with Crippen molar-refractivity contribution in [3.8, 4) is 0 Å². The van der Waals surface area contributed by atoms with E-state index in [9.17, 15) is 0 Å². The molecule has 0 spiro atoms. The lowest BCUT2D eigenvalue weighted by Crippen LogP contribution is -2.05. The van der Waals surface area contributed by atoms with Crippen LogP contribution in [0.15, 0.2) is 23.2 Å². The number of benzene rings is 1. The summed E-state index contributed by atoms with van der Waals surface area (Å²) in [5.41, 5.74) is 5.59. The van der Waals surface area contributed by atoms with Gasteiger partial charge in [0.2, 0.25) is 0 Å². The van der Waals surface area contributed by atoms with Gasteiger partial charge < -0.3 is 0 Å². The number of aliphatic imine (C=N–C) groups is 1. The smallest absolute Gasteiger partial charge is 0.0979 e. The van der Waals surface area contributed by atoms with E-state index in [1.165, 1.54) is 11.3 Å². The van der Waals surface area contributed by atoms with E-state index in [0.717, 1.165) is 53.0 Å². The molecule has 1 aliphatic rings. The van der Waals surface area contributed by atoms with Crippen LogP contribution in [0.25, 0.3) is 10.9 Å². The molecule has 0 N–H and O–H groups in total. The van der Waals surface area contributed by atoms with E-state index in [1.807, 2.05) is 6.07 Å². The first-order chi connectivity index (χ1) is 9.22. The zero-order valence-electron chi connectivity index (χ0n) is 11.3. The van der Waals surface area contributed by atoms with E-state index in [2.05, 4.69) is 26.0 Å². The molecule has 3 heteroatoms. The number of fused-ring (bicyclic) bond motifs is 3. The van der Waals surface area contributed by atoms with Crippen molar-refractivity contribution < 1.29 is 0 Å². The highest BCUT2D eigenvalue weighted by atomic mass is 35.5. The lowest BCUT2D eigenvalue weighted by atomic mass is 9.98. The van der Waals surface area contributed by atoms with Crippen molar-refractivity contribution in [1.82, 2.24) is 4.98 Å². The van der Waals surface area contributed by atoms with Gasteiger partial charge in [-0.2, -0.15) is 0 Å². The number of aromatic nitrogens is 1. The Morgan fingerprint density at radius 2 is 2.00 bits per heavy atom. The molecule has 2 nitrogen and oxygen atoms in total. The van der Waals surface area contributed by atoms with Gasteiger partial charge in [0, 0.05) is 16.8 Å². The van der Waals surface area contributed by atoms with Crippen LogP contribution in [0.5, 0.6) is 0 Å². The second kappa shape index (κ2) is 4.93. The van der Waals surface area contributed by atoms with E-state index in [4.69, 9.17) is 21.6 Å². The molecule has 0 unspecified atom stereocenters. The van der Waals surface area contributed by atoms with Crippen molar-refractivity contribution in [2.75, 3.05) is 0 Å². The summed E-state index contributed by atoms with van der Waals surface area (Å²) in [4.78, 5) is 9.55. The molecule has 0 atom stereocenters. The molecular weight excluding hydrogens is 256 g/mol. The minimum Gasteiger partial charge on any atom is -0.255 e. The van der Waals surface area contributed by atoms with Gasteiger partial charge in [0.1, 0.15) is 0 Å². The molecule has 2 heterocycles. The first-order valence-electron chi connectivity index (χ1n) is 6.90. The summed E-state index contributed by atoms with van der Waals surface area (Å²) in [6.07, 6.45) is 4.03. The van der Waals surface area contributed by atoms with Crippen LogP contribution in [0.1, 0.15) is 37.9 Å². The first kappa shape index (κ1) is 12.6. The van der Waals surface area contributed by atoms with Crippen LogP contribution < -0.4 is 0 Å². The van der Waals surface area contributed by atoms with Gasteiger partial charge in [0.05, 0.1) is 16.2 Å². The number of hydrogen-bond donors (Lipinski definition) is 0. The molecule has 1 aliphatic heterocycles. The van der Waals surface area contributed by atoms with Gasteiger partial charge in [-0.15, -0.1) is 0 Å². The summed E-state index contributed by atoms with van der Waals surface area (Å²) in [7, 11) is 0. The summed E-state index contributed by atoms with van der Waals surface area (Å²) in [6, 6.07) is 6.19. The largest absolute Gasteiger partial charge is 0.255 e. The lowest BCUT2D eigenvalue weighted by Gasteiger charge is -2.17. The third-order valence-electron chi connectivity index (χ3n) is 3.76. The van der Waals surface area contributed by atoms with Crippen molar-refractivity contribution >= 4 is 33.9 Å². The quantitative estimate of drug-likeness (QED) is 0.765. The van der Waals surface area contributed by atoms with Crippen molar-refractivity contribution in [1.29, 1.82) is 0 Å². The fourth-order valence-corrected chi connectivity index (χ4v) is 2.86. The highest BCUT2D eigenvalue weighted by Gasteiger charge is 2.16. The van der Waals surface area contributed by atoms with E-state index in [0.29, 0.717) is 0 Å². The van der Waals surface area contributed by atoms with Gasteiger partial charge in [-0.25, -0.2) is 0 Å². The fraction of sp³-hybridized carbons (Fsp3) is 0.375. The molecule has 98 valence electrons. The second-order valence-corrected chi connectivity index (χ2v) is 5.36. The standard InChI is InChI=1S/C16H17ClN2/c1-3-11-7-5-10-6-8-13-14(17)9-12(4-2)19-16(13)15(10)18-11/h6,8-9H,3-5,7H2,1-2H3. The maximum atomic E-state index is 6.37. The van der Waals surface area contributed by atoms with Crippen molar-refractivity contribution in [2.24, 2.45) is 4.99 Å². The molecule has 0 bridgehead atoms. The fourth-order valence-electron chi connectivity index (χ4n) is 2.58. The Morgan fingerprint density at radius 3 is 2.74 bits per heavy atom. The summed E-state index contributed by atoms with van der Waals surface area (Å²) < 4.78 is 0. The van der Waals surface area contributed by atoms with E-state index < -0.39 is 0 Å². The number of aryl methyl sites for hydroxylation is 2. The summed E-state index contributed by atoms with van der Waals surface area (Å²) in [5, 5.41) is 1.79. The molecule has 2 aromatic rings. The molecule has 0 saturated heterocycles. The first-order valence-corrected chi connectivity index (χ1v) is 7.28. The van der Waals surface area contributed by atoms with Gasteiger partial charge in [-0.1, -0.05) is 37.6 Å². The van der Waals surface area contributed by atoms with Gasteiger partial charge >= 0.3 is 0 Å². The monoisotopic (exact) mass is 272 g/mol. The van der Waals surface area contributed by atoms with Crippen molar-refractivity contribution in [2.45, 2.75) is 39.5 Å². The van der Waals surface area contributed by atoms with Gasteiger partial charge in [-0.3, -0.25) is 9.98 Å². The average Bonchev–Trinajstić information content (AvgIpc) is 2.46. The summed E-state index contributed by atoms with van der Waals surface area (Å²) in [5.74, 6) is 0. The Kier molecular flexibility index (Phi) is 3.28. The Hall–Kier alpha value is -1.41. The van der Waals surface area contributed by atoms with Crippen LogP contribution in [0.3, 0.4) is 0 Å². The topological polar surface area (TPSA) is 25.2 Å². The third kappa shape index (κ3) is 2.14. The molecule has 19 heavy (non-hydrogen) atoms. The Morgan fingerprint density at radius 1 is 1.16 bits per heavy atom. The number of hydrogen-bond acceptors (Lipinski definition) is 2. The summed E-state index contributed by atoms with van der Waals surface area (Å²) in [6.45, 7) is 4.26. The number of rotatable bonds is 2. The Balaban J connectivity index is 2.32. The summed E-state index contributed by atoms with van der Waals surface area (Å²) >= 11 is 6.37. The highest BCUT2D eigenvalue weighted by molar-refractivity contribution is 6.35. The van der Waals surface area contributed by atoms with E-state index >= 15 is 0 Å². The van der Waals surface area contributed by atoms with E-state index in [1.54, 1.807) is 0 Å². The Bertz CT molecular complexity index is 674. The van der Waals surface area contributed by atoms with Gasteiger partial charge in [-0.05, 0) is 37.3 Å². The zero-order valence-corrected chi connectivity index (χ0v) is 12.1. The molecular formula is C16H17ClN2. The molecule has 1 aromatic heterocycles. The molecule has 0 fully saturated rings. The maximum absolute atomic E-state index is 6.37. The van der Waals surface area contributed by atoms with Crippen LogP contribution in [0.2, 0.25) is 5.02 Å². The highest BCUT2D eigenvalue weighted by Crippen LogP contribution is 2.36. The van der Waals surface area contributed by atoms with Crippen LogP contribution >= 0.6 is 11.6 Å². The van der Waals surface area contributed by atoms with Gasteiger partial charge in [0.25, 0.3) is 0 Å². The second-order valence-electron chi connectivity index (χ2n) is 4.95. The molecule has 0 saturated carbocycles. The number of halogens is 1. The van der Waals surface area contributed by atoms with E-state index in [-0.39, 0.29) is 0 Å². The number of pyridine rings is 1. The van der Waals surface area contributed by atoms with Crippen LogP contribution in [-0.4, -0.2) is 10.7 Å². The lowest BCUT2D eigenvalue weighted by molar-refractivity contribution is 0.975. The van der Waals surface area contributed by atoms with Crippen molar-refractivity contribution in [3.05, 3.63) is 34.5 Å². The zero-order chi connectivity index (χ0) is 13.4. The van der Waals surface area contributed by atoms with Crippen LogP contribution in [0, 0.1) is 0 Å². The molecule has 0 aliphatic carbocycles. The molecule has 1 aromatic carbocycles. The number of nitrogens with zero attached hydrogens (tertiary/aromatic N) is 2. The molecule has 3 rings (SSSR count). The van der Waals surface area contributed by atoms with Crippen molar-refractivity contribution in [3.63, 3.8) is 0 Å². The van der Waals surface area contributed by atoms with Gasteiger partial charge in [0.15, 0.2) is 0 Å². The maximum Gasteiger partial charge on any atom is 0.0979 e.